The third kappa shape index (κ3) is 4.46. The van der Waals surface area contributed by atoms with E-state index in [0.29, 0.717) is 0 Å². The molecule has 5 aliphatic carbocycles. The third-order valence-electron chi connectivity index (χ3n) is 12.0. The molecule has 3 saturated carbocycles. The number of halogens is 2. The Balaban J connectivity index is 0.00000138. The molecule has 1 heterocycles. The molecule has 4 fully saturated rings. The van der Waals surface area contributed by atoms with Gasteiger partial charge in [-0.2, -0.15) is 0 Å². The van der Waals surface area contributed by atoms with E-state index in [0.717, 1.165) is 26.3 Å². The van der Waals surface area contributed by atoms with Crippen molar-refractivity contribution in [2.24, 2.45) is 11.8 Å². The standard InChI is InChI=1S/2C15H17.C6H10.2ClH.Zr/c2*1-2-6-12(7-3-1)15-10-13-8-4-5-9-14(13)11-15;1-2-4-6-5-3-1;;;/h2*4-5,8-12H,1-3,6-7H2;1-2H,3-6H2;2*1H;/q;;;;;+2/p-2. The Morgan fingerprint density at radius 3 is 1.28 bits per heavy atom. The summed E-state index contributed by atoms with van der Waals surface area (Å²) in [5, 5.41) is 0. The maximum absolute atomic E-state index is 2.80. The van der Waals surface area contributed by atoms with E-state index in [-0.39, 0.29) is 24.8 Å². The molecule has 8 rings (SSSR count). The maximum Gasteiger partial charge on any atom is -1.00 e. The summed E-state index contributed by atoms with van der Waals surface area (Å²) in [6.45, 7) is 0. The molecule has 2 aromatic rings. The van der Waals surface area contributed by atoms with Gasteiger partial charge in [0.1, 0.15) is 0 Å². The number of fused-ring (bicyclic) bond motifs is 3. The van der Waals surface area contributed by atoms with Gasteiger partial charge in [-0.05, 0) is 0 Å². The van der Waals surface area contributed by atoms with Gasteiger partial charge in [-0.15, -0.1) is 0 Å². The molecule has 4 atom stereocenters. The van der Waals surface area contributed by atoms with Crippen LogP contribution in [0.3, 0.4) is 0 Å². The summed E-state index contributed by atoms with van der Waals surface area (Å²) in [5.41, 5.74) is 10.7. The molecule has 0 aromatic heterocycles. The molecule has 0 bridgehead atoms. The van der Waals surface area contributed by atoms with Crippen molar-refractivity contribution in [1.82, 2.24) is 0 Å². The van der Waals surface area contributed by atoms with Gasteiger partial charge in [0.25, 0.3) is 0 Å². The molecule has 0 radical (unpaired) electrons. The predicted octanol–water partition coefficient (Wildman–Crippen LogP) is 4.75. The van der Waals surface area contributed by atoms with E-state index in [4.69, 9.17) is 0 Å². The fourth-order valence-electron chi connectivity index (χ4n) is 10.6. The Bertz CT molecular complexity index is 1150. The van der Waals surface area contributed by atoms with Crippen molar-refractivity contribution >= 4 is 12.2 Å². The molecule has 0 nitrogen and oxygen atoms in total. The number of rotatable bonds is 4. The molecule has 0 spiro atoms. The van der Waals surface area contributed by atoms with Crippen LogP contribution >= 0.6 is 0 Å². The minimum absolute atomic E-state index is 0. The van der Waals surface area contributed by atoms with Gasteiger partial charge in [0, 0.05) is 0 Å². The van der Waals surface area contributed by atoms with Gasteiger partial charge in [0.15, 0.2) is 0 Å². The summed E-state index contributed by atoms with van der Waals surface area (Å²) in [7, 11) is 0. The Morgan fingerprint density at radius 2 is 0.846 bits per heavy atom. The summed E-state index contributed by atoms with van der Waals surface area (Å²) in [5.74, 6) is 1.72. The smallest absolute Gasteiger partial charge is 1.00 e. The van der Waals surface area contributed by atoms with Gasteiger partial charge >= 0.3 is 231 Å². The molecule has 0 N–H and O–H groups in total. The number of hydrogen-bond acceptors (Lipinski definition) is 0. The normalized spacial score (nSPS) is 31.9. The molecule has 0 amide bonds. The Labute approximate surface area is 253 Å². The van der Waals surface area contributed by atoms with Crippen molar-refractivity contribution in [3.63, 3.8) is 0 Å². The molecule has 2 aromatic carbocycles. The summed E-state index contributed by atoms with van der Waals surface area (Å²) in [6, 6.07) is 19.5. The second-order valence-electron chi connectivity index (χ2n) is 13.6. The van der Waals surface area contributed by atoms with E-state index in [1.165, 1.54) is 77.0 Å². The number of hydrogen-bond donors (Lipinski definition) is 0. The SMILES string of the molecule is C1=C(C2CCCCC2)[CH]([Zr+2]2([CH]3C(C4CCCCC4)=Cc4ccccc43)[CH]3CCCC[CH]32)c2ccccc21.[Cl-].[Cl-]. The fourth-order valence-corrected chi connectivity index (χ4v) is 34.0. The first-order valence-electron chi connectivity index (χ1n) is 16.0. The van der Waals surface area contributed by atoms with E-state index < -0.39 is 20.3 Å². The Morgan fingerprint density at radius 1 is 0.462 bits per heavy atom. The molecule has 3 heteroatoms. The van der Waals surface area contributed by atoms with Crippen LogP contribution in [0.1, 0.15) is 119 Å². The van der Waals surface area contributed by atoms with Crippen LogP contribution in [0.2, 0.25) is 7.25 Å². The van der Waals surface area contributed by atoms with Gasteiger partial charge in [-0.1, -0.05) is 0 Å². The van der Waals surface area contributed by atoms with Crippen LogP contribution in [0.25, 0.3) is 12.2 Å². The maximum atomic E-state index is 2.77. The molecule has 4 unspecified atom stereocenters. The first-order chi connectivity index (χ1) is 18.4. The monoisotopic (exact) mass is 636 g/mol. The van der Waals surface area contributed by atoms with Crippen molar-refractivity contribution in [3.05, 3.63) is 81.9 Å². The van der Waals surface area contributed by atoms with Crippen molar-refractivity contribution < 1.29 is 45.1 Å². The topological polar surface area (TPSA) is 0 Å². The molecule has 1 saturated heterocycles. The molecular formula is C36H44Cl2Zr. The minimum Gasteiger partial charge on any atom is -1.00 e. The number of benzene rings is 2. The van der Waals surface area contributed by atoms with Crippen molar-refractivity contribution in [1.29, 1.82) is 0 Å². The largest absolute Gasteiger partial charge is 1.00 e. The van der Waals surface area contributed by atoms with Gasteiger partial charge < -0.3 is 24.8 Å². The van der Waals surface area contributed by atoms with E-state index in [9.17, 15) is 0 Å². The quantitative estimate of drug-likeness (QED) is 0.454. The van der Waals surface area contributed by atoms with Crippen LogP contribution in [-0.4, -0.2) is 0 Å². The zero-order valence-electron chi connectivity index (χ0n) is 23.4. The number of allylic oxidation sites excluding steroid dienone is 2. The molecule has 1 aliphatic heterocycles. The van der Waals surface area contributed by atoms with Gasteiger partial charge in [-0.3, -0.25) is 0 Å². The van der Waals surface area contributed by atoms with E-state index in [2.05, 4.69) is 60.7 Å². The zero-order valence-corrected chi connectivity index (χ0v) is 27.4. The van der Waals surface area contributed by atoms with E-state index >= 15 is 0 Å². The fraction of sp³-hybridized carbons (Fsp3) is 0.556. The second kappa shape index (κ2) is 11.6. The summed E-state index contributed by atoms with van der Waals surface area (Å²) >= 11 is -2.80. The molecule has 39 heavy (non-hydrogen) atoms. The van der Waals surface area contributed by atoms with Gasteiger partial charge in [0.2, 0.25) is 0 Å². The second-order valence-corrected chi connectivity index (χ2v) is 25.0. The van der Waals surface area contributed by atoms with Crippen LogP contribution in [0, 0.1) is 11.8 Å². The molecule has 206 valence electrons. The average Bonchev–Trinajstić information content (AvgIpc) is 3.26. The van der Waals surface area contributed by atoms with Crippen LogP contribution in [0.4, 0.5) is 0 Å². The summed E-state index contributed by atoms with van der Waals surface area (Å²) in [6.07, 6.45) is 26.3. The zero-order chi connectivity index (χ0) is 24.4. The van der Waals surface area contributed by atoms with Crippen molar-refractivity contribution in [2.45, 2.75) is 104 Å². The van der Waals surface area contributed by atoms with Crippen molar-refractivity contribution in [3.8, 4) is 0 Å². The van der Waals surface area contributed by atoms with Crippen molar-refractivity contribution in [2.75, 3.05) is 0 Å². The first kappa shape index (κ1) is 28.5. The van der Waals surface area contributed by atoms with Crippen LogP contribution in [0.5, 0.6) is 0 Å². The van der Waals surface area contributed by atoms with Gasteiger partial charge in [-0.25, -0.2) is 0 Å². The first-order valence-corrected chi connectivity index (χ1v) is 21.7. The summed E-state index contributed by atoms with van der Waals surface area (Å²) < 4.78 is 3.94. The van der Waals surface area contributed by atoms with Crippen LogP contribution in [-0.2, 0) is 20.3 Å². The Kier molecular flexibility index (Phi) is 8.46. The van der Waals surface area contributed by atoms with E-state index in [1.54, 1.807) is 35.1 Å². The molecular weight excluding hydrogens is 595 g/mol. The summed E-state index contributed by atoms with van der Waals surface area (Å²) in [4.78, 5) is 0. The third-order valence-corrected chi connectivity index (χ3v) is 28.9. The average molecular weight is 639 g/mol. The van der Waals surface area contributed by atoms with E-state index in [1.807, 2.05) is 11.1 Å². The molecule has 6 aliphatic rings. The van der Waals surface area contributed by atoms with Crippen LogP contribution < -0.4 is 24.8 Å². The van der Waals surface area contributed by atoms with Gasteiger partial charge in [0.05, 0.1) is 0 Å². The predicted molar refractivity (Wildman–Crippen MR) is 153 cm³/mol. The Hall–Kier alpha value is -0.617. The van der Waals surface area contributed by atoms with Crippen LogP contribution in [0.15, 0.2) is 59.7 Å². The minimum atomic E-state index is -2.80.